The zero-order valence-corrected chi connectivity index (χ0v) is 12.9. The quantitative estimate of drug-likeness (QED) is 0.606. The lowest BCUT2D eigenvalue weighted by Crippen LogP contribution is -1.90. The van der Waals surface area contributed by atoms with Crippen LogP contribution in [0.5, 0.6) is 5.75 Å². The number of hydrogen-bond donors (Lipinski definition) is 0. The monoisotopic (exact) mass is 286 g/mol. The van der Waals surface area contributed by atoms with Gasteiger partial charge in [-0.3, -0.25) is 0 Å². The van der Waals surface area contributed by atoms with Crippen LogP contribution in [0, 0.1) is 18.8 Å². The van der Waals surface area contributed by atoms with Crippen molar-refractivity contribution in [3.05, 3.63) is 77.4 Å². The van der Waals surface area contributed by atoms with E-state index in [0.29, 0.717) is 6.61 Å². The number of fused-ring (bicyclic) bond motifs is 1. The molecule has 0 heterocycles. The average Bonchev–Trinajstić information content (AvgIpc) is 2.54. The third-order valence-electron chi connectivity index (χ3n) is 3.53. The van der Waals surface area contributed by atoms with E-state index in [0.717, 1.165) is 16.9 Å². The molecule has 0 bridgehead atoms. The molecule has 1 heteroatoms. The van der Waals surface area contributed by atoms with Crippen LogP contribution in [0.3, 0.4) is 0 Å². The molecular formula is C21H18O. The summed E-state index contributed by atoms with van der Waals surface area (Å²) < 4.78 is 5.53. The molecule has 0 spiro atoms. The normalized spacial score (nSPS) is 10.1. The molecule has 0 amide bonds. The number of ether oxygens (including phenoxy) is 1. The maximum Gasteiger partial charge on any atom is 0.119 e. The van der Waals surface area contributed by atoms with Crippen LogP contribution in [0.2, 0.25) is 0 Å². The van der Waals surface area contributed by atoms with Gasteiger partial charge in [-0.15, -0.1) is 0 Å². The van der Waals surface area contributed by atoms with Gasteiger partial charge in [0.1, 0.15) is 5.75 Å². The van der Waals surface area contributed by atoms with Gasteiger partial charge < -0.3 is 4.74 Å². The largest absolute Gasteiger partial charge is 0.494 e. The van der Waals surface area contributed by atoms with Crippen molar-refractivity contribution >= 4 is 10.8 Å². The van der Waals surface area contributed by atoms with Gasteiger partial charge in [-0.1, -0.05) is 41.7 Å². The molecule has 0 aliphatic heterocycles. The number of hydrogen-bond acceptors (Lipinski definition) is 1. The number of rotatable bonds is 2. The van der Waals surface area contributed by atoms with E-state index in [2.05, 4.69) is 73.4 Å². The second-order valence-corrected chi connectivity index (χ2v) is 5.27. The Balaban J connectivity index is 1.89. The van der Waals surface area contributed by atoms with Crippen molar-refractivity contribution < 1.29 is 4.74 Å². The smallest absolute Gasteiger partial charge is 0.119 e. The third-order valence-corrected chi connectivity index (χ3v) is 3.53. The van der Waals surface area contributed by atoms with Gasteiger partial charge in [0.05, 0.1) is 6.61 Å². The van der Waals surface area contributed by atoms with E-state index in [-0.39, 0.29) is 0 Å². The molecule has 0 radical (unpaired) electrons. The van der Waals surface area contributed by atoms with Gasteiger partial charge in [0.2, 0.25) is 0 Å². The standard InChI is InChI=1S/C21H18O/c1-3-22-21-13-12-19-14-18(10-11-20(19)15-21)9-8-17-6-4-16(2)5-7-17/h4-7,10-15H,3H2,1-2H3. The second kappa shape index (κ2) is 6.37. The first-order valence-electron chi connectivity index (χ1n) is 7.50. The van der Waals surface area contributed by atoms with Crippen molar-refractivity contribution in [1.29, 1.82) is 0 Å². The summed E-state index contributed by atoms with van der Waals surface area (Å²) in [6, 6.07) is 20.7. The molecule has 0 aromatic heterocycles. The Bertz CT molecular complexity index is 848. The Morgan fingerprint density at radius 1 is 0.773 bits per heavy atom. The van der Waals surface area contributed by atoms with Gasteiger partial charge in [-0.2, -0.15) is 0 Å². The molecule has 0 atom stereocenters. The maximum atomic E-state index is 5.53. The number of benzene rings is 3. The second-order valence-electron chi connectivity index (χ2n) is 5.27. The topological polar surface area (TPSA) is 9.23 Å². The Kier molecular flexibility index (Phi) is 4.12. The van der Waals surface area contributed by atoms with E-state index in [1.807, 2.05) is 13.0 Å². The molecule has 3 aromatic carbocycles. The van der Waals surface area contributed by atoms with Gasteiger partial charge in [-0.05, 0) is 61.0 Å². The first-order valence-corrected chi connectivity index (χ1v) is 7.50. The van der Waals surface area contributed by atoms with Gasteiger partial charge in [-0.25, -0.2) is 0 Å². The molecule has 3 aromatic rings. The molecule has 108 valence electrons. The van der Waals surface area contributed by atoms with Gasteiger partial charge in [0, 0.05) is 11.1 Å². The molecule has 0 aliphatic carbocycles. The lowest BCUT2D eigenvalue weighted by Gasteiger charge is -2.04. The summed E-state index contributed by atoms with van der Waals surface area (Å²) in [6.45, 7) is 4.76. The SMILES string of the molecule is CCOc1ccc2cc(C#Cc3ccc(C)cc3)ccc2c1. The van der Waals surface area contributed by atoms with Crippen molar-refractivity contribution in [3.63, 3.8) is 0 Å². The van der Waals surface area contributed by atoms with Gasteiger partial charge in [0.15, 0.2) is 0 Å². The first-order chi connectivity index (χ1) is 10.7. The van der Waals surface area contributed by atoms with E-state index in [4.69, 9.17) is 4.74 Å². The zero-order valence-electron chi connectivity index (χ0n) is 12.9. The minimum Gasteiger partial charge on any atom is -0.494 e. The lowest BCUT2D eigenvalue weighted by atomic mass is 10.1. The van der Waals surface area contributed by atoms with E-state index < -0.39 is 0 Å². The van der Waals surface area contributed by atoms with Crippen LogP contribution in [0.4, 0.5) is 0 Å². The van der Waals surface area contributed by atoms with E-state index >= 15 is 0 Å². The fraction of sp³-hybridized carbons (Fsp3) is 0.143. The third kappa shape index (κ3) is 3.30. The van der Waals surface area contributed by atoms with Crippen LogP contribution in [0.1, 0.15) is 23.6 Å². The fourth-order valence-electron chi connectivity index (χ4n) is 2.34. The molecule has 3 rings (SSSR count). The van der Waals surface area contributed by atoms with Crippen LogP contribution in [0.25, 0.3) is 10.8 Å². The van der Waals surface area contributed by atoms with Crippen molar-refractivity contribution in [1.82, 2.24) is 0 Å². The Morgan fingerprint density at radius 3 is 2.18 bits per heavy atom. The highest BCUT2D eigenvalue weighted by atomic mass is 16.5. The van der Waals surface area contributed by atoms with Crippen LogP contribution in [-0.4, -0.2) is 6.61 Å². The molecule has 0 unspecified atom stereocenters. The summed E-state index contributed by atoms with van der Waals surface area (Å²) in [4.78, 5) is 0. The summed E-state index contributed by atoms with van der Waals surface area (Å²) in [5.41, 5.74) is 3.32. The summed E-state index contributed by atoms with van der Waals surface area (Å²) >= 11 is 0. The predicted octanol–water partition coefficient (Wildman–Crippen LogP) is 4.95. The highest BCUT2D eigenvalue weighted by molar-refractivity contribution is 5.85. The molecule has 0 saturated heterocycles. The molecule has 0 fully saturated rings. The fourth-order valence-corrected chi connectivity index (χ4v) is 2.34. The number of aryl methyl sites for hydroxylation is 1. The van der Waals surface area contributed by atoms with E-state index in [1.165, 1.54) is 16.3 Å². The molecule has 0 N–H and O–H groups in total. The van der Waals surface area contributed by atoms with E-state index in [1.54, 1.807) is 0 Å². The lowest BCUT2D eigenvalue weighted by molar-refractivity contribution is 0.341. The Morgan fingerprint density at radius 2 is 1.41 bits per heavy atom. The first kappa shape index (κ1) is 14.2. The molecule has 0 aliphatic rings. The van der Waals surface area contributed by atoms with Crippen LogP contribution in [0.15, 0.2) is 60.7 Å². The maximum absolute atomic E-state index is 5.53. The highest BCUT2D eigenvalue weighted by Gasteiger charge is 1.98. The average molecular weight is 286 g/mol. The summed E-state index contributed by atoms with van der Waals surface area (Å²) in [7, 11) is 0. The zero-order chi connectivity index (χ0) is 15.4. The minimum atomic E-state index is 0.686. The molecule has 22 heavy (non-hydrogen) atoms. The Labute approximate surface area is 131 Å². The van der Waals surface area contributed by atoms with Gasteiger partial charge in [0.25, 0.3) is 0 Å². The van der Waals surface area contributed by atoms with Gasteiger partial charge >= 0.3 is 0 Å². The Hall–Kier alpha value is -2.72. The summed E-state index contributed by atoms with van der Waals surface area (Å²) in [5, 5.41) is 2.35. The van der Waals surface area contributed by atoms with Crippen LogP contribution >= 0.6 is 0 Å². The van der Waals surface area contributed by atoms with Crippen molar-refractivity contribution in [3.8, 4) is 17.6 Å². The van der Waals surface area contributed by atoms with E-state index in [9.17, 15) is 0 Å². The van der Waals surface area contributed by atoms with Crippen molar-refractivity contribution in [2.75, 3.05) is 6.61 Å². The minimum absolute atomic E-state index is 0.686. The van der Waals surface area contributed by atoms with Crippen molar-refractivity contribution in [2.45, 2.75) is 13.8 Å². The molecular weight excluding hydrogens is 268 g/mol. The summed E-state index contributed by atoms with van der Waals surface area (Å²) in [6.07, 6.45) is 0. The predicted molar refractivity (Wildman–Crippen MR) is 92.3 cm³/mol. The van der Waals surface area contributed by atoms with Crippen LogP contribution in [-0.2, 0) is 0 Å². The van der Waals surface area contributed by atoms with Crippen LogP contribution < -0.4 is 4.74 Å². The van der Waals surface area contributed by atoms with Crippen molar-refractivity contribution in [2.24, 2.45) is 0 Å². The summed E-state index contributed by atoms with van der Waals surface area (Å²) in [5.74, 6) is 7.35. The molecule has 1 nitrogen and oxygen atoms in total. The highest BCUT2D eigenvalue weighted by Crippen LogP contribution is 2.22. The molecule has 0 saturated carbocycles.